The highest BCUT2D eigenvalue weighted by Gasteiger charge is 2.23. The van der Waals surface area contributed by atoms with Crippen molar-refractivity contribution >= 4 is 0 Å². The minimum atomic E-state index is 0.188. The largest absolute Gasteiger partial charge is 0.472 e. The lowest BCUT2D eigenvalue weighted by Gasteiger charge is -2.27. The fraction of sp³-hybridized carbons (Fsp3) is 0.692. The highest BCUT2D eigenvalue weighted by atomic mass is 16.3. The summed E-state index contributed by atoms with van der Waals surface area (Å²) < 4.78 is 5.14. The first-order valence-corrected chi connectivity index (χ1v) is 5.82. The van der Waals surface area contributed by atoms with E-state index in [1.54, 1.807) is 6.26 Å². The van der Waals surface area contributed by atoms with E-state index in [1.165, 1.54) is 12.0 Å². The molecule has 0 spiro atoms. The Morgan fingerprint density at radius 2 is 2.20 bits per heavy atom. The third kappa shape index (κ3) is 3.71. The molecule has 2 nitrogen and oxygen atoms in total. The molecule has 1 heterocycles. The lowest BCUT2D eigenvalue weighted by Crippen LogP contribution is -2.33. The molecular weight excluding hydrogens is 186 g/mol. The van der Waals surface area contributed by atoms with Crippen molar-refractivity contribution in [3.63, 3.8) is 0 Å². The number of rotatable bonds is 6. The summed E-state index contributed by atoms with van der Waals surface area (Å²) in [5.41, 5.74) is 1.47. The van der Waals surface area contributed by atoms with Crippen molar-refractivity contribution in [2.24, 2.45) is 0 Å². The van der Waals surface area contributed by atoms with Crippen LogP contribution in [0.15, 0.2) is 23.0 Å². The van der Waals surface area contributed by atoms with E-state index in [9.17, 15) is 0 Å². The van der Waals surface area contributed by atoms with Crippen LogP contribution in [-0.4, -0.2) is 12.6 Å². The number of hydrogen-bond donors (Lipinski definition) is 1. The molecule has 0 radical (unpaired) electrons. The number of nitrogens with one attached hydrogen (secondary N) is 1. The Kier molecular flexibility index (Phi) is 4.40. The van der Waals surface area contributed by atoms with E-state index in [0.717, 1.165) is 13.0 Å². The second-order valence-corrected chi connectivity index (χ2v) is 4.96. The zero-order valence-electron chi connectivity index (χ0n) is 10.3. The minimum Gasteiger partial charge on any atom is -0.472 e. The van der Waals surface area contributed by atoms with E-state index >= 15 is 0 Å². The fourth-order valence-electron chi connectivity index (χ4n) is 2.00. The minimum absolute atomic E-state index is 0.188. The Balaban J connectivity index is 2.49. The lowest BCUT2D eigenvalue weighted by molar-refractivity contribution is 0.386. The molecule has 2 heteroatoms. The molecule has 0 aliphatic heterocycles. The van der Waals surface area contributed by atoms with Gasteiger partial charge < -0.3 is 9.73 Å². The topological polar surface area (TPSA) is 25.2 Å². The van der Waals surface area contributed by atoms with Crippen LogP contribution in [0.3, 0.4) is 0 Å². The van der Waals surface area contributed by atoms with Crippen LogP contribution in [0, 0.1) is 0 Å². The average Bonchev–Trinajstić information content (AvgIpc) is 2.67. The Bertz CT molecular complexity index is 264. The van der Waals surface area contributed by atoms with Crippen molar-refractivity contribution < 1.29 is 4.42 Å². The normalized spacial score (nSPS) is 14.1. The molecule has 1 atom stereocenters. The van der Waals surface area contributed by atoms with Gasteiger partial charge in [0.05, 0.1) is 12.5 Å². The first kappa shape index (κ1) is 12.3. The summed E-state index contributed by atoms with van der Waals surface area (Å²) >= 11 is 0. The molecule has 1 N–H and O–H groups in total. The Labute approximate surface area is 93.1 Å². The smallest absolute Gasteiger partial charge is 0.0939 e. The van der Waals surface area contributed by atoms with Gasteiger partial charge in [0.1, 0.15) is 0 Å². The van der Waals surface area contributed by atoms with Crippen LogP contribution in [0.5, 0.6) is 0 Å². The quantitative estimate of drug-likeness (QED) is 0.777. The Morgan fingerprint density at radius 3 is 2.73 bits per heavy atom. The van der Waals surface area contributed by atoms with Crippen molar-refractivity contribution in [2.75, 3.05) is 6.54 Å². The molecule has 0 fully saturated rings. The zero-order chi connectivity index (χ0) is 11.3. The van der Waals surface area contributed by atoms with E-state index in [-0.39, 0.29) is 5.41 Å². The van der Waals surface area contributed by atoms with Gasteiger partial charge in [0.15, 0.2) is 0 Å². The van der Waals surface area contributed by atoms with E-state index < -0.39 is 0 Å². The van der Waals surface area contributed by atoms with Gasteiger partial charge in [-0.25, -0.2) is 0 Å². The second-order valence-electron chi connectivity index (χ2n) is 4.96. The van der Waals surface area contributed by atoms with Crippen LogP contribution in [-0.2, 0) is 5.41 Å². The van der Waals surface area contributed by atoms with E-state index in [4.69, 9.17) is 4.42 Å². The van der Waals surface area contributed by atoms with Crippen LogP contribution >= 0.6 is 0 Å². The molecule has 0 aromatic carbocycles. The summed E-state index contributed by atoms with van der Waals surface area (Å²) in [6.07, 6.45) is 5.93. The fourth-order valence-corrected chi connectivity index (χ4v) is 2.00. The van der Waals surface area contributed by atoms with Crippen molar-refractivity contribution in [1.29, 1.82) is 0 Å². The predicted molar refractivity (Wildman–Crippen MR) is 64.1 cm³/mol. The Morgan fingerprint density at radius 1 is 1.47 bits per heavy atom. The van der Waals surface area contributed by atoms with Gasteiger partial charge in [-0.15, -0.1) is 0 Å². The van der Waals surface area contributed by atoms with Gasteiger partial charge in [-0.3, -0.25) is 0 Å². The maximum Gasteiger partial charge on any atom is 0.0939 e. The lowest BCUT2D eigenvalue weighted by atomic mass is 9.81. The van der Waals surface area contributed by atoms with Gasteiger partial charge in [0.2, 0.25) is 0 Å². The van der Waals surface area contributed by atoms with E-state index in [2.05, 4.69) is 39.1 Å². The maximum absolute atomic E-state index is 5.14. The molecule has 0 aliphatic carbocycles. The first-order chi connectivity index (χ1) is 7.06. The van der Waals surface area contributed by atoms with E-state index in [0.29, 0.717) is 6.04 Å². The number of hydrogen-bond acceptors (Lipinski definition) is 2. The van der Waals surface area contributed by atoms with Crippen LogP contribution in [0.1, 0.15) is 46.1 Å². The highest BCUT2D eigenvalue weighted by Crippen LogP contribution is 2.28. The standard InChI is InChI=1S/C13H23NO/c1-5-7-14-11(2)9-13(3,4)12-6-8-15-10-12/h6,8,10-11,14H,5,7,9H2,1-4H3. The number of furan rings is 1. The summed E-state index contributed by atoms with van der Waals surface area (Å²) in [4.78, 5) is 0. The monoisotopic (exact) mass is 209 g/mol. The highest BCUT2D eigenvalue weighted by molar-refractivity contribution is 5.18. The van der Waals surface area contributed by atoms with Gasteiger partial charge in [-0.05, 0) is 43.4 Å². The first-order valence-electron chi connectivity index (χ1n) is 5.82. The molecule has 0 bridgehead atoms. The van der Waals surface area contributed by atoms with Crippen molar-refractivity contribution in [3.8, 4) is 0 Å². The zero-order valence-corrected chi connectivity index (χ0v) is 10.3. The summed E-state index contributed by atoms with van der Waals surface area (Å²) in [6.45, 7) is 10.1. The molecule has 15 heavy (non-hydrogen) atoms. The summed E-state index contributed by atoms with van der Waals surface area (Å²) in [7, 11) is 0. The summed E-state index contributed by atoms with van der Waals surface area (Å²) in [6, 6.07) is 2.61. The van der Waals surface area contributed by atoms with Crippen LogP contribution in [0.2, 0.25) is 0 Å². The van der Waals surface area contributed by atoms with Crippen molar-refractivity contribution in [2.45, 2.75) is 52.0 Å². The molecule has 0 amide bonds. The molecule has 0 aliphatic rings. The van der Waals surface area contributed by atoms with E-state index in [1.807, 2.05) is 6.26 Å². The Hall–Kier alpha value is -0.760. The average molecular weight is 209 g/mol. The van der Waals surface area contributed by atoms with Gasteiger partial charge in [0.25, 0.3) is 0 Å². The van der Waals surface area contributed by atoms with Gasteiger partial charge in [-0.2, -0.15) is 0 Å². The SMILES string of the molecule is CCCNC(C)CC(C)(C)c1ccoc1. The summed E-state index contributed by atoms with van der Waals surface area (Å²) in [5, 5.41) is 3.52. The molecule has 0 saturated heterocycles. The van der Waals surface area contributed by atoms with Crippen LogP contribution in [0.4, 0.5) is 0 Å². The van der Waals surface area contributed by atoms with Crippen LogP contribution in [0.25, 0.3) is 0 Å². The van der Waals surface area contributed by atoms with Gasteiger partial charge in [0, 0.05) is 6.04 Å². The molecule has 1 unspecified atom stereocenters. The molecule has 1 aromatic rings. The third-order valence-electron chi connectivity index (χ3n) is 2.86. The molecular formula is C13H23NO. The van der Waals surface area contributed by atoms with Gasteiger partial charge in [-0.1, -0.05) is 20.8 Å². The summed E-state index contributed by atoms with van der Waals surface area (Å²) in [5.74, 6) is 0. The van der Waals surface area contributed by atoms with Crippen molar-refractivity contribution in [3.05, 3.63) is 24.2 Å². The predicted octanol–water partition coefficient (Wildman–Crippen LogP) is 3.34. The molecule has 1 rings (SSSR count). The molecule has 1 aromatic heterocycles. The van der Waals surface area contributed by atoms with Crippen molar-refractivity contribution in [1.82, 2.24) is 5.32 Å². The third-order valence-corrected chi connectivity index (χ3v) is 2.86. The van der Waals surface area contributed by atoms with Crippen LogP contribution < -0.4 is 5.32 Å². The second kappa shape index (κ2) is 5.36. The molecule has 86 valence electrons. The maximum atomic E-state index is 5.14. The molecule has 0 saturated carbocycles. The van der Waals surface area contributed by atoms with Gasteiger partial charge >= 0.3 is 0 Å².